The van der Waals surface area contributed by atoms with Crippen LogP contribution in [0.15, 0.2) is 18.2 Å². The maximum atomic E-state index is 11.7. The molecular formula is C18H29N3O3. The molecule has 1 aliphatic heterocycles. The average molecular weight is 335 g/mol. The number of hydrogen-bond acceptors (Lipinski definition) is 5. The molecule has 0 radical (unpaired) electrons. The van der Waals surface area contributed by atoms with Gasteiger partial charge in [0, 0.05) is 32.1 Å². The first-order valence-electron chi connectivity index (χ1n) is 8.59. The van der Waals surface area contributed by atoms with E-state index >= 15 is 0 Å². The predicted octanol–water partition coefficient (Wildman–Crippen LogP) is 1.52. The van der Waals surface area contributed by atoms with Crippen molar-refractivity contribution in [2.75, 3.05) is 33.9 Å². The highest BCUT2D eigenvalue weighted by atomic mass is 16.5. The van der Waals surface area contributed by atoms with Gasteiger partial charge in [0.2, 0.25) is 5.91 Å². The zero-order valence-corrected chi connectivity index (χ0v) is 14.7. The van der Waals surface area contributed by atoms with E-state index in [2.05, 4.69) is 16.3 Å². The third-order valence-electron chi connectivity index (χ3n) is 4.49. The maximum absolute atomic E-state index is 11.7. The molecule has 0 bridgehead atoms. The van der Waals surface area contributed by atoms with Crippen LogP contribution in [0.5, 0.6) is 11.5 Å². The summed E-state index contributed by atoms with van der Waals surface area (Å²) >= 11 is 0. The first kappa shape index (κ1) is 18.5. The van der Waals surface area contributed by atoms with Gasteiger partial charge in [-0.05, 0) is 37.1 Å². The second-order valence-corrected chi connectivity index (χ2v) is 6.15. The Morgan fingerprint density at radius 2 is 2.08 bits per heavy atom. The van der Waals surface area contributed by atoms with Crippen molar-refractivity contribution >= 4 is 5.91 Å². The van der Waals surface area contributed by atoms with E-state index in [-0.39, 0.29) is 5.91 Å². The summed E-state index contributed by atoms with van der Waals surface area (Å²) in [7, 11) is 3.29. The first-order valence-corrected chi connectivity index (χ1v) is 8.59. The Morgan fingerprint density at radius 1 is 1.29 bits per heavy atom. The minimum Gasteiger partial charge on any atom is -0.493 e. The fraction of sp³-hybridized carbons (Fsp3) is 0.611. The molecule has 1 amide bonds. The lowest BCUT2D eigenvalue weighted by atomic mass is 10.0. The van der Waals surface area contributed by atoms with E-state index in [1.807, 2.05) is 12.1 Å². The molecule has 1 unspecified atom stereocenters. The number of hydrogen-bond donors (Lipinski definition) is 2. The van der Waals surface area contributed by atoms with Crippen LogP contribution < -0.4 is 20.5 Å². The van der Waals surface area contributed by atoms with Crippen LogP contribution in [0.2, 0.25) is 0 Å². The van der Waals surface area contributed by atoms with Gasteiger partial charge in [0.05, 0.1) is 14.2 Å². The van der Waals surface area contributed by atoms with Crippen LogP contribution in [0.3, 0.4) is 0 Å². The van der Waals surface area contributed by atoms with Crippen LogP contribution in [-0.2, 0) is 11.3 Å². The number of piperidine rings is 1. The van der Waals surface area contributed by atoms with Crippen molar-refractivity contribution in [2.24, 2.45) is 5.73 Å². The van der Waals surface area contributed by atoms with Crippen LogP contribution >= 0.6 is 0 Å². The molecule has 1 fully saturated rings. The Bertz CT molecular complexity index is 536. The molecule has 1 aromatic rings. The zero-order valence-electron chi connectivity index (χ0n) is 14.7. The Kier molecular flexibility index (Phi) is 7.34. The number of nitrogens with one attached hydrogen (secondary N) is 1. The summed E-state index contributed by atoms with van der Waals surface area (Å²) in [5.74, 6) is 1.53. The second-order valence-electron chi connectivity index (χ2n) is 6.15. The van der Waals surface area contributed by atoms with Crippen molar-refractivity contribution in [3.8, 4) is 11.5 Å². The Labute approximate surface area is 144 Å². The lowest BCUT2D eigenvalue weighted by Crippen LogP contribution is -2.46. The number of rotatable bonds is 8. The lowest BCUT2D eigenvalue weighted by molar-refractivity contribution is -0.121. The number of nitrogens with zero attached hydrogens (tertiary/aromatic N) is 1. The summed E-state index contributed by atoms with van der Waals surface area (Å²) in [6, 6.07) is 6.40. The highest BCUT2D eigenvalue weighted by Gasteiger charge is 2.23. The molecule has 6 heteroatoms. The van der Waals surface area contributed by atoms with E-state index in [9.17, 15) is 4.79 Å². The molecule has 6 nitrogen and oxygen atoms in total. The van der Waals surface area contributed by atoms with Crippen molar-refractivity contribution in [3.63, 3.8) is 0 Å². The number of likely N-dealkylation sites (tertiary alicyclic amines) is 1. The van der Waals surface area contributed by atoms with Gasteiger partial charge in [0.1, 0.15) is 0 Å². The standard InChI is InChI=1S/C18H29N3O3/c1-23-16-7-6-14(11-17(16)24-2)13-21-10-4-3-5-15(21)12-20-18(22)8-9-19/h6-7,11,15H,3-5,8-10,12-13,19H2,1-2H3,(H,20,22). The van der Waals surface area contributed by atoms with Crippen LogP contribution in [0, 0.1) is 0 Å². The quantitative estimate of drug-likeness (QED) is 0.753. The van der Waals surface area contributed by atoms with Crippen LogP contribution in [-0.4, -0.2) is 50.7 Å². The summed E-state index contributed by atoms with van der Waals surface area (Å²) in [4.78, 5) is 14.1. The molecule has 3 N–H and O–H groups in total. The molecule has 134 valence electrons. The monoisotopic (exact) mass is 335 g/mol. The van der Waals surface area contributed by atoms with Crippen LogP contribution in [0.4, 0.5) is 0 Å². The van der Waals surface area contributed by atoms with E-state index in [4.69, 9.17) is 15.2 Å². The van der Waals surface area contributed by atoms with Gasteiger partial charge in [-0.3, -0.25) is 9.69 Å². The first-order chi connectivity index (χ1) is 11.7. The van der Waals surface area contributed by atoms with Gasteiger partial charge in [0.15, 0.2) is 11.5 Å². The molecular weight excluding hydrogens is 306 g/mol. The minimum atomic E-state index is 0.0362. The summed E-state index contributed by atoms with van der Waals surface area (Å²) in [5, 5.41) is 3.00. The van der Waals surface area contributed by atoms with Crippen molar-refractivity contribution in [3.05, 3.63) is 23.8 Å². The van der Waals surface area contributed by atoms with E-state index in [1.54, 1.807) is 14.2 Å². The molecule has 0 aliphatic carbocycles. The summed E-state index contributed by atoms with van der Waals surface area (Å²) in [5.41, 5.74) is 6.61. The van der Waals surface area contributed by atoms with E-state index in [0.29, 0.717) is 25.6 Å². The molecule has 0 aromatic heterocycles. The van der Waals surface area contributed by atoms with Crippen molar-refractivity contribution in [1.82, 2.24) is 10.2 Å². The molecule has 1 aromatic carbocycles. The molecule has 24 heavy (non-hydrogen) atoms. The highest BCUT2D eigenvalue weighted by Crippen LogP contribution is 2.29. The highest BCUT2D eigenvalue weighted by molar-refractivity contribution is 5.76. The average Bonchev–Trinajstić information content (AvgIpc) is 2.61. The van der Waals surface area contributed by atoms with Crippen molar-refractivity contribution in [1.29, 1.82) is 0 Å². The Balaban J connectivity index is 1.98. The van der Waals surface area contributed by atoms with Crippen molar-refractivity contribution in [2.45, 2.75) is 38.3 Å². The molecule has 1 atom stereocenters. The molecule has 1 aliphatic rings. The van der Waals surface area contributed by atoms with Crippen molar-refractivity contribution < 1.29 is 14.3 Å². The summed E-state index contributed by atoms with van der Waals surface area (Å²) < 4.78 is 10.7. The molecule has 0 saturated carbocycles. The molecule has 2 rings (SSSR count). The fourth-order valence-electron chi connectivity index (χ4n) is 3.16. The third-order valence-corrected chi connectivity index (χ3v) is 4.49. The number of benzene rings is 1. The van der Waals surface area contributed by atoms with Gasteiger partial charge in [-0.15, -0.1) is 0 Å². The van der Waals surface area contributed by atoms with Gasteiger partial charge in [0.25, 0.3) is 0 Å². The smallest absolute Gasteiger partial charge is 0.221 e. The number of ether oxygens (including phenoxy) is 2. The molecule has 1 saturated heterocycles. The predicted molar refractivity (Wildman–Crippen MR) is 94.3 cm³/mol. The minimum absolute atomic E-state index is 0.0362. The number of carbonyl (C=O) groups is 1. The molecule has 1 heterocycles. The topological polar surface area (TPSA) is 76.8 Å². The van der Waals surface area contributed by atoms with Gasteiger partial charge in [-0.1, -0.05) is 12.5 Å². The Morgan fingerprint density at radius 3 is 2.79 bits per heavy atom. The van der Waals surface area contributed by atoms with Crippen LogP contribution in [0.25, 0.3) is 0 Å². The van der Waals surface area contributed by atoms with Gasteiger partial charge in [-0.25, -0.2) is 0 Å². The molecule has 0 spiro atoms. The van der Waals surface area contributed by atoms with E-state index in [0.717, 1.165) is 31.0 Å². The van der Waals surface area contributed by atoms with Gasteiger partial charge >= 0.3 is 0 Å². The van der Waals surface area contributed by atoms with E-state index in [1.165, 1.54) is 18.4 Å². The normalized spacial score (nSPS) is 18.2. The lowest BCUT2D eigenvalue weighted by Gasteiger charge is -2.36. The van der Waals surface area contributed by atoms with Gasteiger partial charge in [-0.2, -0.15) is 0 Å². The second kappa shape index (κ2) is 9.49. The summed E-state index contributed by atoms with van der Waals surface area (Å²) in [6.07, 6.45) is 3.90. The van der Waals surface area contributed by atoms with Crippen LogP contribution in [0.1, 0.15) is 31.2 Å². The SMILES string of the molecule is COc1ccc(CN2CCCCC2CNC(=O)CCN)cc1OC. The summed E-state index contributed by atoms with van der Waals surface area (Å²) in [6.45, 7) is 2.97. The third kappa shape index (κ3) is 5.11. The van der Waals surface area contributed by atoms with Gasteiger partial charge < -0.3 is 20.5 Å². The van der Waals surface area contributed by atoms with E-state index < -0.39 is 0 Å². The number of carbonyl (C=O) groups excluding carboxylic acids is 1. The number of amides is 1. The number of methoxy groups -OCH3 is 2. The number of nitrogens with two attached hydrogens (primary N) is 1. The fourth-order valence-corrected chi connectivity index (χ4v) is 3.16. The zero-order chi connectivity index (χ0) is 17.4. The Hall–Kier alpha value is -1.79. The maximum Gasteiger partial charge on any atom is 0.221 e. The largest absolute Gasteiger partial charge is 0.493 e.